The molecule has 0 saturated carbocycles. The Kier molecular flexibility index (Phi) is 8.59. The summed E-state index contributed by atoms with van der Waals surface area (Å²) in [5.74, 6) is 0.183. The molecule has 3 N–H and O–H groups in total. The molecule has 4 rings (SSSR count). The molecule has 11 nitrogen and oxygen atoms in total. The number of fused-ring (bicyclic) bond motifs is 1. The summed E-state index contributed by atoms with van der Waals surface area (Å²) in [5.41, 5.74) is 3.90. The van der Waals surface area contributed by atoms with Gasteiger partial charge in [0.25, 0.3) is 5.91 Å². The van der Waals surface area contributed by atoms with Crippen LogP contribution in [-0.4, -0.2) is 79.4 Å². The van der Waals surface area contributed by atoms with Gasteiger partial charge in [-0.15, -0.1) is 0 Å². The molecule has 12 heteroatoms. The molecule has 0 radical (unpaired) electrons. The molecular formula is C28H37N5O6S. The first-order chi connectivity index (χ1) is 18.9. The summed E-state index contributed by atoms with van der Waals surface area (Å²) in [6.45, 7) is 6.94. The number of carboxylic acid groups (broad SMARTS) is 1. The molecule has 2 amide bonds. The van der Waals surface area contributed by atoms with Crippen molar-refractivity contribution < 1.29 is 27.9 Å². The van der Waals surface area contributed by atoms with Crippen molar-refractivity contribution in [3.05, 3.63) is 53.2 Å². The highest BCUT2D eigenvalue weighted by molar-refractivity contribution is 7.92. The van der Waals surface area contributed by atoms with E-state index in [-0.39, 0.29) is 17.3 Å². The van der Waals surface area contributed by atoms with Gasteiger partial charge in [-0.3, -0.25) is 14.4 Å². The first-order valence-corrected chi connectivity index (χ1v) is 15.0. The van der Waals surface area contributed by atoms with E-state index in [9.17, 15) is 23.1 Å². The van der Waals surface area contributed by atoms with Crippen molar-refractivity contribution in [1.29, 1.82) is 0 Å². The van der Waals surface area contributed by atoms with E-state index in [1.54, 1.807) is 6.07 Å². The van der Waals surface area contributed by atoms with Gasteiger partial charge in [-0.25, -0.2) is 13.2 Å². The number of rotatable bonds is 9. The fraction of sp³-hybridized carbons (Fsp3) is 0.429. The maximum absolute atomic E-state index is 13.6. The number of amides is 2. The van der Waals surface area contributed by atoms with Gasteiger partial charge in [0.1, 0.15) is 5.69 Å². The minimum Gasteiger partial charge on any atom is -0.492 e. The molecule has 0 spiro atoms. The quantitative estimate of drug-likeness (QED) is 0.356. The minimum absolute atomic E-state index is 0.228. The predicted molar refractivity (Wildman–Crippen MR) is 156 cm³/mol. The summed E-state index contributed by atoms with van der Waals surface area (Å²) < 4.78 is 34.0. The number of hydrogen-bond donors (Lipinski definition) is 3. The number of carbonyl (C=O) groups excluding carboxylic acids is 1. The third-order valence-corrected chi connectivity index (χ3v) is 7.54. The summed E-state index contributed by atoms with van der Waals surface area (Å²) in [7, 11) is -0.313. The molecular weight excluding hydrogens is 534 g/mol. The number of carbonyl (C=O) groups is 2. The van der Waals surface area contributed by atoms with Crippen molar-refractivity contribution in [2.24, 2.45) is 13.0 Å². The zero-order valence-corrected chi connectivity index (χ0v) is 24.3. The van der Waals surface area contributed by atoms with Crippen LogP contribution in [0.4, 0.5) is 16.2 Å². The second-order valence-corrected chi connectivity index (χ2v) is 12.4. The predicted octanol–water partition coefficient (Wildman–Crippen LogP) is 3.80. The van der Waals surface area contributed by atoms with Gasteiger partial charge >= 0.3 is 6.09 Å². The van der Waals surface area contributed by atoms with E-state index >= 15 is 0 Å². The van der Waals surface area contributed by atoms with Crippen molar-refractivity contribution in [2.75, 3.05) is 49.6 Å². The zero-order chi connectivity index (χ0) is 29.2. The highest BCUT2D eigenvalue weighted by atomic mass is 32.2. The van der Waals surface area contributed by atoms with Gasteiger partial charge in [0.15, 0.2) is 5.75 Å². The number of sulfonamides is 1. The first-order valence-electron chi connectivity index (χ1n) is 13.1. The number of piperazine rings is 1. The van der Waals surface area contributed by atoms with Crippen LogP contribution >= 0.6 is 0 Å². The van der Waals surface area contributed by atoms with Crippen LogP contribution in [0.1, 0.15) is 35.5 Å². The van der Waals surface area contributed by atoms with Gasteiger partial charge in [0, 0.05) is 45.2 Å². The molecule has 1 fully saturated rings. The molecule has 1 aromatic heterocycles. The van der Waals surface area contributed by atoms with E-state index in [1.165, 1.54) is 12.0 Å². The molecule has 40 heavy (non-hydrogen) atoms. The Hall–Kier alpha value is -3.77. The Morgan fingerprint density at radius 3 is 2.35 bits per heavy atom. The topological polar surface area (TPSA) is 133 Å². The number of hydrogen-bond acceptors (Lipinski definition) is 6. The van der Waals surface area contributed by atoms with Gasteiger partial charge in [-0.2, -0.15) is 0 Å². The van der Waals surface area contributed by atoms with E-state index in [1.807, 2.05) is 41.9 Å². The van der Waals surface area contributed by atoms with Crippen molar-refractivity contribution in [3.8, 4) is 5.75 Å². The van der Waals surface area contributed by atoms with Crippen molar-refractivity contribution in [2.45, 2.75) is 26.8 Å². The van der Waals surface area contributed by atoms with Gasteiger partial charge in [0.05, 0.1) is 30.3 Å². The zero-order valence-electron chi connectivity index (χ0n) is 23.5. The molecule has 1 aliphatic heterocycles. The average molecular weight is 572 g/mol. The molecule has 1 aliphatic rings. The smallest absolute Gasteiger partial charge is 0.407 e. The number of ether oxygens (including phenoxy) is 1. The lowest BCUT2D eigenvalue weighted by atomic mass is 10.0. The number of nitrogens with one attached hydrogen (secondary N) is 2. The SMILES string of the molecule is COc1c(NC(=O)c2cc3cccc(CN4CCN(C(=O)O)CC4)c3n2C)cc(CC(C)C)cc1NS(C)(=O)=O. The Bertz CT molecular complexity index is 1520. The highest BCUT2D eigenvalue weighted by Gasteiger charge is 2.23. The largest absolute Gasteiger partial charge is 0.492 e. The van der Waals surface area contributed by atoms with Crippen LogP contribution in [0.15, 0.2) is 36.4 Å². The van der Waals surface area contributed by atoms with Gasteiger partial charge in [0.2, 0.25) is 10.0 Å². The second kappa shape index (κ2) is 11.8. The molecule has 0 atom stereocenters. The lowest BCUT2D eigenvalue weighted by molar-refractivity contribution is 0.101. The lowest BCUT2D eigenvalue weighted by Gasteiger charge is -2.33. The van der Waals surface area contributed by atoms with E-state index in [2.05, 4.69) is 28.8 Å². The number of anilines is 2. The second-order valence-electron chi connectivity index (χ2n) is 10.6. The van der Waals surface area contributed by atoms with Crippen LogP contribution in [0.5, 0.6) is 5.75 Å². The Morgan fingerprint density at radius 2 is 1.75 bits per heavy atom. The maximum atomic E-state index is 13.6. The molecule has 0 aliphatic carbocycles. The molecule has 0 bridgehead atoms. The van der Waals surface area contributed by atoms with Crippen LogP contribution in [-0.2, 0) is 30.0 Å². The third kappa shape index (κ3) is 6.68. The molecule has 1 saturated heterocycles. The van der Waals surface area contributed by atoms with Crippen LogP contribution in [0.2, 0.25) is 0 Å². The van der Waals surface area contributed by atoms with Crippen molar-refractivity contribution >= 4 is 44.3 Å². The lowest BCUT2D eigenvalue weighted by Crippen LogP contribution is -2.47. The van der Waals surface area contributed by atoms with Crippen LogP contribution in [0, 0.1) is 5.92 Å². The molecule has 3 aromatic rings. The number of benzene rings is 2. The Balaban J connectivity index is 1.64. The monoisotopic (exact) mass is 571 g/mol. The fourth-order valence-corrected chi connectivity index (χ4v) is 5.79. The third-order valence-electron chi connectivity index (χ3n) is 6.95. The highest BCUT2D eigenvalue weighted by Crippen LogP contribution is 2.37. The number of methoxy groups -OCH3 is 1. The molecule has 216 valence electrons. The molecule has 2 heterocycles. The van der Waals surface area contributed by atoms with Gasteiger partial charge < -0.3 is 24.6 Å². The van der Waals surface area contributed by atoms with Crippen molar-refractivity contribution in [3.63, 3.8) is 0 Å². The summed E-state index contributed by atoms with van der Waals surface area (Å²) in [6.07, 6.45) is 0.855. The van der Waals surface area contributed by atoms with Crippen LogP contribution in [0.3, 0.4) is 0 Å². The average Bonchev–Trinajstić information content (AvgIpc) is 3.20. The van der Waals surface area contributed by atoms with Crippen molar-refractivity contribution in [1.82, 2.24) is 14.4 Å². The number of nitrogens with zero attached hydrogens (tertiary/aromatic N) is 3. The summed E-state index contributed by atoms with van der Waals surface area (Å²) >= 11 is 0. The maximum Gasteiger partial charge on any atom is 0.407 e. The number of para-hydroxylation sites is 1. The Morgan fingerprint density at radius 1 is 1.07 bits per heavy atom. The summed E-state index contributed by atoms with van der Waals surface area (Å²) in [5, 5.41) is 13.1. The molecule has 2 aromatic carbocycles. The van der Waals surface area contributed by atoms with E-state index in [0.29, 0.717) is 56.4 Å². The number of aromatic nitrogens is 1. The van der Waals surface area contributed by atoms with E-state index < -0.39 is 16.1 Å². The fourth-order valence-electron chi connectivity index (χ4n) is 5.24. The van der Waals surface area contributed by atoms with Crippen LogP contribution < -0.4 is 14.8 Å². The number of aryl methyl sites for hydroxylation is 1. The minimum atomic E-state index is -3.58. The summed E-state index contributed by atoms with van der Waals surface area (Å²) in [6, 6.07) is 11.3. The molecule has 0 unspecified atom stereocenters. The Labute approximate surface area is 234 Å². The normalized spacial score (nSPS) is 14.5. The standard InChI is InChI=1S/C28H37N5O6S/c1-18(2)13-19-14-22(26(39-4)23(15-19)30-40(5,37)38)29-27(34)24-16-20-7-6-8-21(25(20)31(24)3)17-32-9-11-33(12-10-32)28(35)36/h6-8,14-16,18,30H,9-13,17H2,1-5H3,(H,29,34)(H,35,36). The van der Waals surface area contributed by atoms with Gasteiger partial charge in [-0.05, 0) is 41.7 Å². The van der Waals surface area contributed by atoms with E-state index in [0.717, 1.165) is 28.3 Å². The first kappa shape index (κ1) is 29.2. The van der Waals surface area contributed by atoms with E-state index in [4.69, 9.17) is 4.74 Å². The van der Waals surface area contributed by atoms with Gasteiger partial charge in [-0.1, -0.05) is 32.0 Å². The van der Waals surface area contributed by atoms with Crippen LogP contribution in [0.25, 0.3) is 10.9 Å². The summed E-state index contributed by atoms with van der Waals surface area (Å²) in [4.78, 5) is 28.5.